The van der Waals surface area contributed by atoms with Crippen LogP contribution < -0.4 is 10.6 Å². The second kappa shape index (κ2) is 8.55. The normalized spacial score (nSPS) is 10.9. The lowest BCUT2D eigenvalue weighted by Gasteiger charge is -2.10. The fourth-order valence-electron chi connectivity index (χ4n) is 2.86. The van der Waals surface area contributed by atoms with E-state index >= 15 is 0 Å². The Hall–Kier alpha value is -3.74. The molecule has 0 spiro atoms. The first-order valence-corrected chi connectivity index (χ1v) is 9.54. The van der Waals surface area contributed by atoms with Gasteiger partial charge in [-0.2, -0.15) is 14.9 Å². The molecule has 3 aromatic rings. The molecule has 0 aliphatic rings. The molecule has 0 aromatic carbocycles. The summed E-state index contributed by atoms with van der Waals surface area (Å²) in [6, 6.07) is 0. The summed E-state index contributed by atoms with van der Waals surface area (Å²) in [4.78, 5) is 35.7. The van der Waals surface area contributed by atoms with E-state index in [1.165, 1.54) is 24.0 Å². The van der Waals surface area contributed by atoms with Crippen LogP contribution in [0.5, 0.6) is 0 Å². The van der Waals surface area contributed by atoms with Gasteiger partial charge in [0.1, 0.15) is 12.2 Å². The standard InChI is InChI=1S/C17H20ClN9O4/c1-5-25-15(17(29)22-11-6-19-24(4)9(11)2)12(7-20-25)21-13(28)8-26-10(3)14(18)16(23-26)27(30)31/h6-7H,5,8H2,1-4H3,(H,21,28)(H,22,29). The van der Waals surface area contributed by atoms with Crippen molar-refractivity contribution in [3.8, 4) is 0 Å². The first-order valence-electron chi connectivity index (χ1n) is 9.16. The van der Waals surface area contributed by atoms with Crippen molar-refractivity contribution < 1.29 is 14.5 Å². The topological polar surface area (TPSA) is 155 Å². The molecule has 2 amide bonds. The van der Waals surface area contributed by atoms with Crippen LogP contribution in [0.4, 0.5) is 17.2 Å². The molecule has 0 bridgehead atoms. The summed E-state index contributed by atoms with van der Waals surface area (Å²) in [6.45, 7) is 5.18. The van der Waals surface area contributed by atoms with Crippen LogP contribution in [0.25, 0.3) is 0 Å². The second-order valence-corrected chi connectivity index (χ2v) is 7.01. The molecule has 14 heteroatoms. The molecule has 0 aliphatic carbocycles. The number of hydrogen-bond donors (Lipinski definition) is 2. The van der Waals surface area contributed by atoms with Gasteiger partial charge in [0, 0.05) is 13.6 Å². The van der Waals surface area contributed by atoms with Crippen LogP contribution in [0.15, 0.2) is 12.4 Å². The molecule has 13 nitrogen and oxygen atoms in total. The first kappa shape index (κ1) is 22.0. The fraction of sp³-hybridized carbons (Fsp3) is 0.353. The van der Waals surface area contributed by atoms with Crippen molar-refractivity contribution in [1.29, 1.82) is 0 Å². The third kappa shape index (κ3) is 4.26. The Labute approximate surface area is 181 Å². The quantitative estimate of drug-likeness (QED) is 0.412. The summed E-state index contributed by atoms with van der Waals surface area (Å²) in [7, 11) is 1.75. The third-order valence-corrected chi connectivity index (χ3v) is 5.14. The molecular formula is C17H20ClN9O4. The summed E-state index contributed by atoms with van der Waals surface area (Å²) in [5, 5.41) is 28.2. The van der Waals surface area contributed by atoms with Gasteiger partial charge >= 0.3 is 5.82 Å². The van der Waals surface area contributed by atoms with Gasteiger partial charge in [-0.15, -0.1) is 0 Å². The van der Waals surface area contributed by atoms with E-state index in [-0.39, 0.29) is 28.6 Å². The number of nitrogens with one attached hydrogen (secondary N) is 2. The highest BCUT2D eigenvalue weighted by Crippen LogP contribution is 2.26. The molecule has 31 heavy (non-hydrogen) atoms. The minimum absolute atomic E-state index is 0.136. The van der Waals surface area contributed by atoms with E-state index in [4.69, 9.17) is 11.6 Å². The number of aryl methyl sites for hydroxylation is 2. The summed E-state index contributed by atoms with van der Waals surface area (Å²) in [5.41, 5.74) is 1.91. The number of anilines is 2. The van der Waals surface area contributed by atoms with E-state index in [9.17, 15) is 19.7 Å². The molecule has 0 unspecified atom stereocenters. The maximum absolute atomic E-state index is 12.9. The summed E-state index contributed by atoms with van der Waals surface area (Å²) >= 11 is 5.90. The largest absolute Gasteiger partial charge is 0.408 e. The molecule has 0 radical (unpaired) electrons. The molecule has 0 fully saturated rings. The van der Waals surface area contributed by atoms with Crippen molar-refractivity contribution in [2.24, 2.45) is 7.05 Å². The lowest BCUT2D eigenvalue weighted by Crippen LogP contribution is -2.24. The van der Waals surface area contributed by atoms with E-state index in [2.05, 4.69) is 25.9 Å². The Morgan fingerprint density at radius 1 is 1.13 bits per heavy atom. The molecule has 0 atom stereocenters. The van der Waals surface area contributed by atoms with Crippen LogP contribution in [0.1, 0.15) is 28.8 Å². The van der Waals surface area contributed by atoms with Crippen LogP contribution in [0.3, 0.4) is 0 Å². The highest BCUT2D eigenvalue weighted by Gasteiger charge is 2.26. The van der Waals surface area contributed by atoms with Gasteiger partial charge in [-0.3, -0.25) is 19.0 Å². The number of nitrogens with zero attached hydrogens (tertiary/aromatic N) is 7. The number of hydrogen-bond acceptors (Lipinski definition) is 7. The van der Waals surface area contributed by atoms with Crippen LogP contribution in [0.2, 0.25) is 5.02 Å². The molecule has 0 aliphatic heterocycles. The average molecular weight is 450 g/mol. The second-order valence-electron chi connectivity index (χ2n) is 6.63. The SMILES string of the molecule is CCn1ncc(NC(=O)Cn2nc([N+](=O)[O-])c(Cl)c2C)c1C(=O)Nc1cnn(C)c1C. The average Bonchev–Trinajstić information content (AvgIpc) is 3.35. The van der Waals surface area contributed by atoms with Crippen molar-refractivity contribution in [2.75, 3.05) is 10.6 Å². The zero-order valence-electron chi connectivity index (χ0n) is 17.2. The van der Waals surface area contributed by atoms with E-state index < -0.39 is 22.6 Å². The van der Waals surface area contributed by atoms with Crippen molar-refractivity contribution in [2.45, 2.75) is 33.9 Å². The van der Waals surface area contributed by atoms with Crippen LogP contribution >= 0.6 is 11.6 Å². The Balaban J connectivity index is 1.81. The van der Waals surface area contributed by atoms with Crippen LogP contribution in [0, 0.1) is 24.0 Å². The predicted octanol–water partition coefficient (Wildman–Crippen LogP) is 1.90. The Morgan fingerprint density at radius 3 is 2.35 bits per heavy atom. The van der Waals surface area contributed by atoms with E-state index in [1.54, 1.807) is 25.6 Å². The first-order chi connectivity index (χ1) is 14.6. The van der Waals surface area contributed by atoms with Crippen LogP contribution in [-0.4, -0.2) is 46.1 Å². The molecule has 3 aromatic heterocycles. The Bertz CT molecular complexity index is 1180. The number of carbonyl (C=O) groups is 2. The lowest BCUT2D eigenvalue weighted by molar-refractivity contribution is -0.389. The zero-order chi connectivity index (χ0) is 22.9. The van der Waals surface area contributed by atoms with Crippen molar-refractivity contribution >= 4 is 40.6 Å². The fourth-order valence-corrected chi connectivity index (χ4v) is 3.07. The van der Waals surface area contributed by atoms with Gasteiger partial charge in [-0.1, -0.05) is 11.6 Å². The predicted molar refractivity (Wildman–Crippen MR) is 111 cm³/mol. The van der Waals surface area contributed by atoms with Gasteiger partial charge in [0.25, 0.3) is 5.91 Å². The van der Waals surface area contributed by atoms with Crippen LogP contribution in [-0.2, 0) is 24.9 Å². The van der Waals surface area contributed by atoms with Gasteiger partial charge < -0.3 is 20.7 Å². The van der Waals surface area contributed by atoms with Gasteiger partial charge in [0.2, 0.25) is 5.91 Å². The molecule has 0 saturated heterocycles. The number of nitro groups is 1. The van der Waals surface area contributed by atoms with Crippen molar-refractivity contribution in [3.05, 3.63) is 44.6 Å². The smallest absolute Gasteiger partial charge is 0.358 e. The molecule has 164 valence electrons. The number of rotatable bonds is 7. The molecular weight excluding hydrogens is 430 g/mol. The maximum atomic E-state index is 12.9. The number of amides is 2. The summed E-state index contributed by atoms with van der Waals surface area (Å²) in [6.07, 6.45) is 2.88. The van der Waals surface area contributed by atoms with Gasteiger partial charge in [0.05, 0.1) is 40.3 Å². The molecule has 3 rings (SSSR count). The van der Waals surface area contributed by atoms with E-state index in [0.29, 0.717) is 12.2 Å². The highest BCUT2D eigenvalue weighted by molar-refractivity contribution is 6.33. The molecule has 0 saturated carbocycles. The Morgan fingerprint density at radius 2 is 1.81 bits per heavy atom. The van der Waals surface area contributed by atoms with Crippen molar-refractivity contribution in [3.63, 3.8) is 0 Å². The number of aromatic nitrogens is 6. The van der Waals surface area contributed by atoms with E-state index in [0.717, 1.165) is 10.4 Å². The monoisotopic (exact) mass is 449 g/mol. The molecule has 2 N–H and O–H groups in total. The number of carbonyl (C=O) groups excluding carboxylic acids is 2. The van der Waals surface area contributed by atoms with Crippen molar-refractivity contribution in [1.82, 2.24) is 29.3 Å². The van der Waals surface area contributed by atoms with Gasteiger partial charge in [0.15, 0.2) is 5.02 Å². The minimum Gasteiger partial charge on any atom is -0.358 e. The third-order valence-electron chi connectivity index (χ3n) is 4.69. The van der Waals surface area contributed by atoms with Gasteiger partial charge in [-0.05, 0) is 25.7 Å². The highest BCUT2D eigenvalue weighted by atomic mass is 35.5. The van der Waals surface area contributed by atoms with E-state index in [1.807, 2.05) is 0 Å². The Kier molecular flexibility index (Phi) is 6.06. The number of halogens is 1. The molecule has 3 heterocycles. The summed E-state index contributed by atoms with van der Waals surface area (Å²) < 4.78 is 4.18. The maximum Gasteiger partial charge on any atom is 0.408 e. The summed E-state index contributed by atoms with van der Waals surface area (Å²) in [5.74, 6) is -1.56. The van der Waals surface area contributed by atoms with Gasteiger partial charge in [-0.25, -0.2) is 0 Å². The minimum atomic E-state index is -0.724. The zero-order valence-corrected chi connectivity index (χ0v) is 18.0. The lowest BCUT2D eigenvalue weighted by atomic mass is 10.3.